The number of rotatable bonds is 4. The molecule has 0 spiro atoms. The number of hydrogen-bond acceptors (Lipinski definition) is 3. The number of aliphatic hydroxyl groups excluding tert-OH is 1. The number of hydrogen-bond donors (Lipinski definition) is 1. The molecule has 0 aromatic heterocycles. The van der Waals surface area contributed by atoms with E-state index < -0.39 is 12.3 Å². The van der Waals surface area contributed by atoms with Gasteiger partial charge in [0.05, 0.1) is 0 Å². The van der Waals surface area contributed by atoms with Gasteiger partial charge in [-0.25, -0.2) is 4.79 Å². The average molecular weight is 156 g/mol. The molecule has 11 heavy (non-hydrogen) atoms. The van der Waals surface area contributed by atoms with Gasteiger partial charge in [-0.05, 0) is 6.92 Å². The van der Waals surface area contributed by atoms with E-state index in [1.165, 1.54) is 13.0 Å². The van der Waals surface area contributed by atoms with E-state index in [0.29, 0.717) is 0 Å². The van der Waals surface area contributed by atoms with E-state index in [-0.39, 0.29) is 12.0 Å². The van der Waals surface area contributed by atoms with Crippen molar-refractivity contribution in [3.63, 3.8) is 0 Å². The first-order valence-electron chi connectivity index (χ1n) is 3.23. The van der Waals surface area contributed by atoms with Gasteiger partial charge in [-0.2, -0.15) is 0 Å². The lowest BCUT2D eigenvalue weighted by Gasteiger charge is -2.08. The van der Waals surface area contributed by atoms with Crippen LogP contribution in [0.15, 0.2) is 24.8 Å². The van der Waals surface area contributed by atoms with Crippen LogP contribution in [0.3, 0.4) is 0 Å². The van der Waals surface area contributed by atoms with Gasteiger partial charge in [0.1, 0.15) is 0 Å². The molecule has 0 aliphatic heterocycles. The summed E-state index contributed by atoms with van der Waals surface area (Å²) in [6.07, 6.45) is 0.603. The topological polar surface area (TPSA) is 46.5 Å². The Morgan fingerprint density at radius 1 is 1.82 bits per heavy atom. The van der Waals surface area contributed by atoms with Crippen LogP contribution in [0, 0.1) is 0 Å². The van der Waals surface area contributed by atoms with Crippen molar-refractivity contribution >= 4 is 5.97 Å². The van der Waals surface area contributed by atoms with Gasteiger partial charge in [-0.3, -0.25) is 0 Å². The molecule has 0 saturated carbocycles. The van der Waals surface area contributed by atoms with E-state index in [4.69, 9.17) is 5.11 Å². The minimum absolute atomic E-state index is 0.235. The van der Waals surface area contributed by atoms with Gasteiger partial charge in [0.25, 0.3) is 0 Å². The van der Waals surface area contributed by atoms with E-state index in [2.05, 4.69) is 17.9 Å². The highest BCUT2D eigenvalue weighted by atomic mass is 16.6. The van der Waals surface area contributed by atoms with E-state index >= 15 is 0 Å². The zero-order valence-electron chi connectivity index (χ0n) is 6.54. The Morgan fingerprint density at radius 2 is 2.36 bits per heavy atom. The maximum Gasteiger partial charge on any atom is 0.335 e. The normalized spacial score (nSPS) is 11.8. The molecule has 0 fully saturated rings. The first-order chi connectivity index (χ1) is 5.07. The lowest BCUT2D eigenvalue weighted by Crippen LogP contribution is -2.16. The molecule has 0 aliphatic carbocycles. The van der Waals surface area contributed by atoms with Gasteiger partial charge in [-0.1, -0.05) is 12.7 Å². The van der Waals surface area contributed by atoms with Crippen LogP contribution in [0.4, 0.5) is 0 Å². The van der Waals surface area contributed by atoms with Crippen molar-refractivity contribution < 1.29 is 14.6 Å². The molecule has 3 nitrogen and oxygen atoms in total. The molecule has 0 amide bonds. The molecular formula is C8H12O3. The molecule has 1 unspecified atom stereocenters. The molecule has 0 aromatic rings. The SMILES string of the molecule is C=CCC(O)OC(=O)C(=C)C. The molecule has 0 aromatic carbocycles. The van der Waals surface area contributed by atoms with Gasteiger partial charge >= 0.3 is 5.97 Å². The second kappa shape index (κ2) is 4.68. The smallest absolute Gasteiger partial charge is 0.335 e. The summed E-state index contributed by atoms with van der Waals surface area (Å²) in [7, 11) is 0. The second-order valence-corrected chi connectivity index (χ2v) is 2.16. The highest BCUT2D eigenvalue weighted by molar-refractivity contribution is 5.86. The zero-order valence-corrected chi connectivity index (χ0v) is 6.54. The van der Waals surface area contributed by atoms with Crippen molar-refractivity contribution in [2.24, 2.45) is 0 Å². The fraction of sp³-hybridized carbons (Fsp3) is 0.375. The Balaban J connectivity index is 3.74. The van der Waals surface area contributed by atoms with Gasteiger partial charge in [0.15, 0.2) is 0 Å². The lowest BCUT2D eigenvalue weighted by atomic mass is 10.3. The predicted octanol–water partition coefficient (Wildman–Crippen LogP) is 1.00. The van der Waals surface area contributed by atoms with Crippen molar-refractivity contribution in [1.29, 1.82) is 0 Å². The summed E-state index contributed by atoms with van der Waals surface area (Å²) < 4.78 is 4.50. The molecule has 1 atom stereocenters. The van der Waals surface area contributed by atoms with Gasteiger partial charge in [-0.15, -0.1) is 6.58 Å². The number of ether oxygens (including phenoxy) is 1. The third-order valence-corrected chi connectivity index (χ3v) is 0.960. The van der Waals surface area contributed by atoms with Crippen LogP contribution in [-0.4, -0.2) is 17.4 Å². The van der Waals surface area contributed by atoms with Gasteiger partial charge < -0.3 is 9.84 Å². The summed E-state index contributed by atoms with van der Waals surface area (Å²) in [5, 5.41) is 8.91. The summed E-state index contributed by atoms with van der Waals surface area (Å²) in [5.41, 5.74) is 0.271. The molecule has 62 valence electrons. The number of carbonyl (C=O) groups is 1. The van der Waals surface area contributed by atoms with Crippen molar-refractivity contribution in [2.45, 2.75) is 19.6 Å². The minimum atomic E-state index is -1.10. The Labute approximate surface area is 66.0 Å². The monoisotopic (exact) mass is 156 g/mol. The van der Waals surface area contributed by atoms with E-state index in [1.807, 2.05) is 0 Å². The third kappa shape index (κ3) is 4.33. The summed E-state index contributed by atoms with van der Waals surface area (Å²) >= 11 is 0. The highest BCUT2D eigenvalue weighted by Crippen LogP contribution is 1.99. The first-order valence-corrected chi connectivity index (χ1v) is 3.23. The third-order valence-electron chi connectivity index (χ3n) is 0.960. The fourth-order valence-electron chi connectivity index (χ4n) is 0.415. The lowest BCUT2D eigenvalue weighted by molar-refractivity contribution is -0.162. The van der Waals surface area contributed by atoms with Crippen LogP contribution in [0.5, 0.6) is 0 Å². The van der Waals surface area contributed by atoms with E-state index in [0.717, 1.165) is 0 Å². The molecule has 1 N–H and O–H groups in total. The van der Waals surface area contributed by atoms with Crippen molar-refractivity contribution in [2.75, 3.05) is 0 Å². The number of aliphatic hydroxyl groups is 1. The second-order valence-electron chi connectivity index (χ2n) is 2.16. The van der Waals surface area contributed by atoms with Crippen LogP contribution in [-0.2, 0) is 9.53 Å². The standard InChI is InChI=1S/C8H12O3/c1-4-5-7(9)11-8(10)6(2)3/h4,7,9H,1-2,5H2,3H3. The first kappa shape index (κ1) is 9.91. The van der Waals surface area contributed by atoms with Crippen molar-refractivity contribution in [3.8, 4) is 0 Å². The van der Waals surface area contributed by atoms with E-state index in [1.54, 1.807) is 0 Å². The fourth-order valence-corrected chi connectivity index (χ4v) is 0.415. The van der Waals surface area contributed by atoms with Gasteiger partial charge in [0.2, 0.25) is 6.29 Å². The number of carbonyl (C=O) groups excluding carboxylic acids is 1. The van der Waals surface area contributed by atoms with Crippen LogP contribution < -0.4 is 0 Å². The summed E-state index contributed by atoms with van der Waals surface area (Å²) in [6, 6.07) is 0. The molecule has 0 heterocycles. The minimum Gasteiger partial charge on any atom is -0.432 e. The molecule has 0 rings (SSSR count). The van der Waals surface area contributed by atoms with E-state index in [9.17, 15) is 4.79 Å². The molecular weight excluding hydrogens is 144 g/mol. The average Bonchev–Trinajstić information content (AvgIpc) is 1.87. The van der Waals surface area contributed by atoms with Crippen LogP contribution in [0.25, 0.3) is 0 Å². The molecule has 0 aliphatic rings. The quantitative estimate of drug-likeness (QED) is 0.286. The van der Waals surface area contributed by atoms with Crippen molar-refractivity contribution in [3.05, 3.63) is 24.8 Å². The summed E-state index contributed by atoms with van der Waals surface area (Å²) in [4.78, 5) is 10.7. The van der Waals surface area contributed by atoms with Crippen LogP contribution >= 0.6 is 0 Å². The molecule has 0 saturated heterocycles. The zero-order chi connectivity index (χ0) is 8.85. The Hall–Kier alpha value is -1.09. The Morgan fingerprint density at radius 3 is 2.73 bits per heavy atom. The number of esters is 1. The summed E-state index contributed by atoms with van der Waals surface area (Å²) in [6.45, 7) is 8.25. The highest BCUT2D eigenvalue weighted by Gasteiger charge is 2.08. The summed E-state index contributed by atoms with van der Waals surface area (Å²) in [5.74, 6) is -0.584. The molecule has 0 radical (unpaired) electrons. The van der Waals surface area contributed by atoms with Crippen molar-refractivity contribution in [1.82, 2.24) is 0 Å². The largest absolute Gasteiger partial charge is 0.432 e. The van der Waals surface area contributed by atoms with Crippen LogP contribution in [0.1, 0.15) is 13.3 Å². The van der Waals surface area contributed by atoms with Crippen LogP contribution in [0.2, 0.25) is 0 Å². The predicted molar refractivity (Wildman–Crippen MR) is 41.7 cm³/mol. The maximum absolute atomic E-state index is 10.7. The van der Waals surface area contributed by atoms with Gasteiger partial charge in [0, 0.05) is 12.0 Å². The maximum atomic E-state index is 10.7. The molecule has 3 heteroatoms. The molecule has 0 bridgehead atoms. The Kier molecular flexibility index (Phi) is 4.22. The Bertz CT molecular complexity index is 172.